The molecule has 0 radical (unpaired) electrons. The Bertz CT molecular complexity index is 1060. The smallest absolute Gasteiger partial charge is 0.408 e. The monoisotopic (exact) mass is 476 g/mol. The minimum Gasteiger partial charge on any atom is -0.480 e. The fourth-order valence-electron chi connectivity index (χ4n) is 5.23. The van der Waals surface area contributed by atoms with Crippen molar-refractivity contribution < 1.29 is 24.2 Å². The van der Waals surface area contributed by atoms with Gasteiger partial charge in [0.05, 0.1) is 0 Å². The third kappa shape index (κ3) is 5.24. The molecule has 184 valence electrons. The molecule has 3 N–H and O–H groups in total. The van der Waals surface area contributed by atoms with Gasteiger partial charge < -0.3 is 20.5 Å². The molecule has 35 heavy (non-hydrogen) atoms. The van der Waals surface area contributed by atoms with Gasteiger partial charge in [0, 0.05) is 5.92 Å². The van der Waals surface area contributed by atoms with Crippen LogP contribution in [-0.4, -0.2) is 41.3 Å². The van der Waals surface area contributed by atoms with Crippen molar-refractivity contribution in [3.63, 3.8) is 0 Å². The molecule has 0 saturated heterocycles. The first-order valence-electron chi connectivity index (χ1n) is 12.2. The second kappa shape index (κ2) is 10.8. The molecule has 0 heterocycles. The lowest BCUT2D eigenvalue weighted by atomic mass is 9.80. The van der Waals surface area contributed by atoms with Crippen LogP contribution in [-0.2, 0) is 14.3 Å². The molecule has 0 aromatic heterocycles. The number of carboxylic acid groups (broad SMARTS) is 1. The summed E-state index contributed by atoms with van der Waals surface area (Å²) in [5, 5.41) is 15.0. The first-order chi connectivity index (χ1) is 16.9. The van der Waals surface area contributed by atoms with E-state index in [1.165, 1.54) is 0 Å². The van der Waals surface area contributed by atoms with Gasteiger partial charge in [0.25, 0.3) is 0 Å². The lowest BCUT2D eigenvalue weighted by Gasteiger charge is -2.37. The fourth-order valence-corrected chi connectivity index (χ4v) is 5.23. The fraction of sp³-hybridized carbons (Fsp3) is 0.393. The number of allylic oxidation sites excluding steroid dienone is 1. The molecular formula is C28H32N2O5. The van der Waals surface area contributed by atoms with E-state index < -0.39 is 29.6 Å². The highest BCUT2D eigenvalue weighted by Crippen LogP contribution is 2.44. The molecule has 2 aliphatic rings. The molecule has 0 bridgehead atoms. The number of alkyl carbamates (subject to hydrolysis) is 1. The maximum absolute atomic E-state index is 13.3. The molecule has 4 rings (SSSR count). The molecule has 2 aromatic carbocycles. The topological polar surface area (TPSA) is 105 Å². The molecule has 2 aromatic rings. The number of hydrogen-bond donors (Lipinski definition) is 3. The van der Waals surface area contributed by atoms with E-state index in [2.05, 4.69) is 29.3 Å². The van der Waals surface area contributed by atoms with Crippen molar-refractivity contribution in [1.29, 1.82) is 0 Å². The Morgan fingerprint density at radius 1 is 1.03 bits per heavy atom. The quantitative estimate of drug-likeness (QED) is 0.453. The molecule has 7 heteroatoms. The Labute approximate surface area is 205 Å². The van der Waals surface area contributed by atoms with Crippen LogP contribution in [0.4, 0.5) is 4.79 Å². The van der Waals surface area contributed by atoms with E-state index in [9.17, 15) is 19.5 Å². The van der Waals surface area contributed by atoms with Crippen molar-refractivity contribution in [2.45, 2.75) is 62.4 Å². The van der Waals surface area contributed by atoms with Crippen LogP contribution in [0.25, 0.3) is 11.1 Å². The third-order valence-corrected chi connectivity index (χ3v) is 7.09. The Morgan fingerprint density at radius 2 is 1.63 bits per heavy atom. The number of ether oxygens (including phenoxy) is 1. The predicted molar refractivity (Wildman–Crippen MR) is 133 cm³/mol. The van der Waals surface area contributed by atoms with Gasteiger partial charge in [-0.2, -0.15) is 0 Å². The first kappa shape index (κ1) is 24.5. The zero-order chi connectivity index (χ0) is 24.8. The summed E-state index contributed by atoms with van der Waals surface area (Å²) in [6, 6.07) is 15.1. The van der Waals surface area contributed by atoms with Crippen LogP contribution in [0.15, 0.2) is 61.2 Å². The highest BCUT2D eigenvalue weighted by Gasteiger charge is 2.43. The number of benzene rings is 2. The van der Waals surface area contributed by atoms with Gasteiger partial charge in [0.2, 0.25) is 5.91 Å². The van der Waals surface area contributed by atoms with Crippen LogP contribution in [0.2, 0.25) is 0 Å². The summed E-state index contributed by atoms with van der Waals surface area (Å²) < 4.78 is 5.68. The predicted octanol–water partition coefficient (Wildman–Crippen LogP) is 4.76. The van der Waals surface area contributed by atoms with Crippen molar-refractivity contribution in [3.8, 4) is 11.1 Å². The average Bonchev–Trinajstić information content (AvgIpc) is 3.19. The summed E-state index contributed by atoms with van der Waals surface area (Å²) in [6.45, 7) is 3.76. The molecule has 1 fully saturated rings. The molecule has 2 amide bonds. The Balaban J connectivity index is 1.45. The van der Waals surface area contributed by atoms with E-state index in [4.69, 9.17) is 4.74 Å². The molecule has 1 unspecified atom stereocenters. The summed E-state index contributed by atoms with van der Waals surface area (Å²) in [7, 11) is 0. The number of carboxylic acids is 1. The van der Waals surface area contributed by atoms with Gasteiger partial charge >= 0.3 is 12.1 Å². The van der Waals surface area contributed by atoms with E-state index in [1.807, 2.05) is 36.4 Å². The van der Waals surface area contributed by atoms with E-state index in [-0.39, 0.29) is 18.9 Å². The Hall–Kier alpha value is -3.61. The third-order valence-electron chi connectivity index (χ3n) is 7.09. The van der Waals surface area contributed by atoms with Crippen LogP contribution in [0.5, 0.6) is 0 Å². The van der Waals surface area contributed by atoms with Crippen molar-refractivity contribution in [1.82, 2.24) is 10.6 Å². The zero-order valence-electron chi connectivity index (χ0n) is 19.8. The highest BCUT2D eigenvalue weighted by atomic mass is 16.5. The van der Waals surface area contributed by atoms with Gasteiger partial charge in [-0.15, -0.1) is 6.58 Å². The van der Waals surface area contributed by atoms with Crippen LogP contribution in [0, 0.1) is 0 Å². The average molecular weight is 477 g/mol. The number of nitrogens with one attached hydrogen (secondary N) is 2. The molecule has 1 atom stereocenters. The van der Waals surface area contributed by atoms with Crippen molar-refractivity contribution in [2.24, 2.45) is 0 Å². The summed E-state index contributed by atoms with van der Waals surface area (Å²) in [5.74, 6) is -1.66. The molecule has 0 spiro atoms. The maximum atomic E-state index is 13.3. The summed E-state index contributed by atoms with van der Waals surface area (Å²) >= 11 is 0. The number of aliphatic carboxylic acids is 1. The lowest BCUT2D eigenvalue weighted by molar-refractivity contribution is -0.143. The Kier molecular flexibility index (Phi) is 7.54. The van der Waals surface area contributed by atoms with Crippen LogP contribution < -0.4 is 10.6 Å². The minimum atomic E-state index is -1.18. The number of amides is 2. The van der Waals surface area contributed by atoms with Gasteiger partial charge in [0.1, 0.15) is 18.2 Å². The van der Waals surface area contributed by atoms with Crippen LogP contribution in [0.3, 0.4) is 0 Å². The summed E-state index contributed by atoms with van der Waals surface area (Å²) in [5.41, 5.74) is 3.32. The second-order valence-electron chi connectivity index (χ2n) is 9.32. The summed E-state index contributed by atoms with van der Waals surface area (Å²) in [6.07, 6.45) is 5.03. The molecule has 0 aliphatic heterocycles. The van der Waals surface area contributed by atoms with Gasteiger partial charge in [-0.05, 0) is 47.9 Å². The van der Waals surface area contributed by atoms with E-state index >= 15 is 0 Å². The number of rotatable bonds is 9. The first-order valence-corrected chi connectivity index (χ1v) is 12.2. The van der Waals surface area contributed by atoms with E-state index in [0.717, 1.165) is 41.5 Å². The van der Waals surface area contributed by atoms with E-state index in [1.54, 1.807) is 6.08 Å². The maximum Gasteiger partial charge on any atom is 0.408 e. The largest absolute Gasteiger partial charge is 0.480 e. The normalized spacial score (nSPS) is 16.9. The molecule has 1 saturated carbocycles. The highest BCUT2D eigenvalue weighted by molar-refractivity contribution is 5.93. The second-order valence-corrected chi connectivity index (χ2v) is 9.32. The summed E-state index contributed by atoms with van der Waals surface area (Å²) in [4.78, 5) is 37.8. The van der Waals surface area contributed by atoms with E-state index in [0.29, 0.717) is 19.3 Å². The molecule has 7 nitrogen and oxygen atoms in total. The zero-order valence-corrected chi connectivity index (χ0v) is 19.8. The van der Waals surface area contributed by atoms with Crippen molar-refractivity contribution in [2.75, 3.05) is 6.61 Å². The number of carbonyl (C=O) groups is 3. The number of hydrogen-bond acceptors (Lipinski definition) is 4. The van der Waals surface area contributed by atoms with Crippen LogP contribution >= 0.6 is 0 Å². The van der Waals surface area contributed by atoms with Crippen molar-refractivity contribution in [3.05, 3.63) is 72.3 Å². The minimum absolute atomic E-state index is 0.0837. The van der Waals surface area contributed by atoms with Gasteiger partial charge in [-0.1, -0.05) is 73.9 Å². The molecule has 2 aliphatic carbocycles. The lowest BCUT2D eigenvalue weighted by Crippen LogP contribution is -2.62. The van der Waals surface area contributed by atoms with Crippen LogP contribution in [0.1, 0.15) is 62.0 Å². The van der Waals surface area contributed by atoms with Crippen molar-refractivity contribution >= 4 is 18.0 Å². The van der Waals surface area contributed by atoms with Gasteiger partial charge in [0.15, 0.2) is 0 Å². The van der Waals surface area contributed by atoms with Gasteiger partial charge in [-0.25, -0.2) is 9.59 Å². The van der Waals surface area contributed by atoms with Gasteiger partial charge in [-0.3, -0.25) is 4.79 Å². The molecular weight excluding hydrogens is 444 g/mol. The standard InChI is InChI=1S/C28H32N2O5/c1-2-3-15-24(25(31)32)29-26(33)28(16-9-4-10-17-28)30-27(34)35-18-23-21-13-7-5-11-19(21)20-12-6-8-14-22(20)23/h2,5-8,11-14,23-24H,1,3-4,9-10,15-18H2,(H,29,33)(H,30,34)(H,31,32). The SMILES string of the molecule is C=CCCC(NC(=O)C1(NC(=O)OCC2c3ccccc3-c3ccccc32)CCCCC1)C(=O)O. The number of carbonyl (C=O) groups excluding carboxylic acids is 2. The number of fused-ring (bicyclic) bond motifs is 3. The Morgan fingerprint density at radius 3 is 2.20 bits per heavy atom.